The van der Waals surface area contributed by atoms with E-state index in [0.717, 1.165) is 55.3 Å². The molecule has 2 heterocycles. The van der Waals surface area contributed by atoms with Gasteiger partial charge in [-0.1, -0.05) is 18.2 Å². The number of benzene rings is 2. The number of nitrogens with zero attached hydrogens (tertiary/aromatic N) is 2. The van der Waals surface area contributed by atoms with Gasteiger partial charge >= 0.3 is 0 Å². The second kappa shape index (κ2) is 7.74. The minimum atomic E-state index is -0.893. The van der Waals surface area contributed by atoms with Gasteiger partial charge in [0.1, 0.15) is 18.1 Å². The van der Waals surface area contributed by atoms with Crippen molar-refractivity contribution in [2.45, 2.75) is 32.0 Å². The third kappa shape index (κ3) is 4.17. The van der Waals surface area contributed by atoms with E-state index in [4.69, 9.17) is 9.47 Å². The Morgan fingerprint density at radius 3 is 2.61 bits per heavy atom. The van der Waals surface area contributed by atoms with E-state index in [1.165, 1.54) is 11.1 Å². The molecule has 0 spiro atoms. The summed E-state index contributed by atoms with van der Waals surface area (Å²) in [7, 11) is 3.95. The molecule has 1 N–H and O–H groups in total. The topological polar surface area (TPSA) is 45.2 Å². The maximum Gasteiger partial charge on any atom is 0.123 e. The van der Waals surface area contributed by atoms with Crippen LogP contribution in [0.25, 0.3) is 0 Å². The zero-order chi connectivity index (χ0) is 19.7. The third-order valence-corrected chi connectivity index (χ3v) is 5.53. The average Bonchev–Trinajstić information content (AvgIpc) is 2.99. The highest BCUT2D eigenvalue weighted by Crippen LogP contribution is 2.31. The van der Waals surface area contributed by atoms with Gasteiger partial charge in [0.2, 0.25) is 0 Å². The number of hydrogen-bond donors (Lipinski definition) is 1. The summed E-state index contributed by atoms with van der Waals surface area (Å²) in [5, 5.41) is 10.9. The minimum absolute atomic E-state index is 0.577. The lowest BCUT2D eigenvalue weighted by Gasteiger charge is -2.28. The maximum atomic E-state index is 10.9. The van der Waals surface area contributed by atoms with E-state index in [2.05, 4.69) is 29.2 Å². The van der Waals surface area contributed by atoms with E-state index in [0.29, 0.717) is 13.2 Å². The summed E-state index contributed by atoms with van der Waals surface area (Å²) in [6.45, 7) is 6.49. The molecule has 2 aromatic rings. The van der Waals surface area contributed by atoms with Crippen LogP contribution in [0.3, 0.4) is 0 Å². The molecule has 5 heteroatoms. The molecule has 2 aromatic carbocycles. The molecule has 0 unspecified atom stereocenters. The first-order chi connectivity index (χ1) is 13.4. The molecule has 2 aliphatic rings. The number of ether oxygens (including phenoxy) is 2. The molecule has 5 nitrogen and oxygen atoms in total. The number of likely N-dealkylation sites (N-methyl/N-ethyl adjacent to an activating group) is 1. The van der Waals surface area contributed by atoms with E-state index < -0.39 is 5.60 Å². The molecular weight excluding hydrogens is 352 g/mol. The Morgan fingerprint density at radius 2 is 1.79 bits per heavy atom. The van der Waals surface area contributed by atoms with Gasteiger partial charge in [0.25, 0.3) is 0 Å². The van der Waals surface area contributed by atoms with Gasteiger partial charge in [0.05, 0.1) is 12.2 Å². The van der Waals surface area contributed by atoms with Gasteiger partial charge in [-0.25, -0.2) is 0 Å². The van der Waals surface area contributed by atoms with E-state index in [1.54, 1.807) is 0 Å². The standard InChI is InChI=1S/C23H30N2O3/c1-23(26,16-24(2)3)20-5-7-22-19(13-20)15-25(9-11-28-22)14-17-4-6-21-18(12-17)8-10-27-21/h4-7,12-13,26H,8-11,14-16H2,1-3H3/t23-/m0/s1. The van der Waals surface area contributed by atoms with Crippen molar-refractivity contribution in [1.29, 1.82) is 0 Å². The summed E-state index contributed by atoms with van der Waals surface area (Å²) in [4.78, 5) is 4.42. The van der Waals surface area contributed by atoms with Crippen molar-refractivity contribution >= 4 is 0 Å². The molecule has 0 amide bonds. The molecular formula is C23H30N2O3. The van der Waals surface area contributed by atoms with E-state index in [9.17, 15) is 5.11 Å². The van der Waals surface area contributed by atoms with Crippen LogP contribution in [0.1, 0.15) is 29.2 Å². The smallest absolute Gasteiger partial charge is 0.123 e. The molecule has 4 rings (SSSR count). The van der Waals surface area contributed by atoms with Gasteiger partial charge in [-0.2, -0.15) is 0 Å². The van der Waals surface area contributed by atoms with E-state index in [-0.39, 0.29) is 0 Å². The van der Waals surface area contributed by atoms with Gasteiger partial charge < -0.3 is 19.5 Å². The molecule has 0 fully saturated rings. The van der Waals surface area contributed by atoms with Crippen LogP contribution in [0.5, 0.6) is 11.5 Å². The van der Waals surface area contributed by atoms with E-state index >= 15 is 0 Å². The van der Waals surface area contributed by atoms with Crippen molar-refractivity contribution in [3.8, 4) is 11.5 Å². The normalized spacial score (nSPS) is 18.6. The summed E-state index contributed by atoms with van der Waals surface area (Å²) in [5.41, 5.74) is 3.79. The van der Waals surface area contributed by atoms with Gasteiger partial charge in [-0.3, -0.25) is 4.90 Å². The predicted molar refractivity (Wildman–Crippen MR) is 110 cm³/mol. The first-order valence-corrected chi connectivity index (χ1v) is 10.0. The van der Waals surface area contributed by atoms with Crippen LogP contribution >= 0.6 is 0 Å². The summed E-state index contributed by atoms with van der Waals surface area (Å²) in [5.74, 6) is 1.95. The Balaban J connectivity index is 1.53. The predicted octanol–water partition coefficient (Wildman–Crippen LogP) is 2.79. The zero-order valence-electron chi connectivity index (χ0n) is 17.1. The highest BCUT2D eigenvalue weighted by atomic mass is 16.5. The van der Waals surface area contributed by atoms with Crippen molar-refractivity contribution in [1.82, 2.24) is 9.80 Å². The first kappa shape index (κ1) is 19.2. The van der Waals surface area contributed by atoms with Gasteiger partial charge in [-0.15, -0.1) is 0 Å². The fourth-order valence-corrected chi connectivity index (χ4v) is 4.22. The largest absolute Gasteiger partial charge is 0.493 e. The molecule has 150 valence electrons. The SMILES string of the molecule is CN(C)C[C@](C)(O)c1ccc2c(c1)CN(Cc1ccc3c(c1)CCO3)CCO2. The Hall–Kier alpha value is -2.08. The van der Waals surface area contributed by atoms with Crippen molar-refractivity contribution in [2.24, 2.45) is 0 Å². The Bertz CT molecular complexity index is 848. The highest BCUT2D eigenvalue weighted by molar-refractivity contribution is 5.41. The minimum Gasteiger partial charge on any atom is -0.493 e. The van der Waals surface area contributed by atoms with Crippen LogP contribution in [-0.4, -0.2) is 55.3 Å². The third-order valence-electron chi connectivity index (χ3n) is 5.53. The fraction of sp³-hybridized carbons (Fsp3) is 0.478. The zero-order valence-corrected chi connectivity index (χ0v) is 17.1. The summed E-state index contributed by atoms with van der Waals surface area (Å²) < 4.78 is 11.6. The molecule has 28 heavy (non-hydrogen) atoms. The summed E-state index contributed by atoms with van der Waals surface area (Å²) >= 11 is 0. The first-order valence-electron chi connectivity index (χ1n) is 10.0. The second-order valence-corrected chi connectivity index (χ2v) is 8.43. The van der Waals surface area contributed by atoms with Crippen molar-refractivity contribution in [2.75, 3.05) is 40.4 Å². The van der Waals surface area contributed by atoms with Crippen LogP contribution in [0.4, 0.5) is 0 Å². The Kier molecular flexibility index (Phi) is 5.32. The van der Waals surface area contributed by atoms with Crippen molar-refractivity contribution in [3.63, 3.8) is 0 Å². The van der Waals surface area contributed by atoms with Crippen LogP contribution in [0.15, 0.2) is 36.4 Å². The molecule has 0 bridgehead atoms. The Morgan fingerprint density at radius 1 is 1.04 bits per heavy atom. The van der Waals surface area contributed by atoms with Crippen molar-refractivity contribution < 1.29 is 14.6 Å². The molecule has 1 atom stereocenters. The maximum absolute atomic E-state index is 10.9. The Labute approximate surface area is 167 Å². The summed E-state index contributed by atoms with van der Waals surface area (Å²) in [6.07, 6.45) is 0.999. The van der Waals surface area contributed by atoms with E-state index in [1.807, 2.05) is 38.1 Å². The van der Waals surface area contributed by atoms with Crippen molar-refractivity contribution in [3.05, 3.63) is 58.7 Å². The lowest BCUT2D eigenvalue weighted by Crippen LogP contribution is -2.34. The lowest BCUT2D eigenvalue weighted by atomic mass is 9.93. The monoisotopic (exact) mass is 382 g/mol. The van der Waals surface area contributed by atoms with Gasteiger partial charge in [0.15, 0.2) is 0 Å². The van der Waals surface area contributed by atoms with Crippen LogP contribution in [0.2, 0.25) is 0 Å². The second-order valence-electron chi connectivity index (χ2n) is 8.43. The van der Waals surface area contributed by atoms with Crippen LogP contribution in [0, 0.1) is 0 Å². The van der Waals surface area contributed by atoms with Crippen LogP contribution < -0.4 is 9.47 Å². The molecule has 0 aliphatic carbocycles. The molecule has 0 saturated carbocycles. The molecule has 0 saturated heterocycles. The summed E-state index contributed by atoms with van der Waals surface area (Å²) in [6, 6.07) is 12.6. The quantitative estimate of drug-likeness (QED) is 0.862. The highest BCUT2D eigenvalue weighted by Gasteiger charge is 2.26. The van der Waals surface area contributed by atoms with Crippen LogP contribution in [-0.2, 0) is 25.1 Å². The lowest BCUT2D eigenvalue weighted by molar-refractivity contribution is 0.0299. The number of aliphatic hydroxyl groups is 1. The van der Waals surface area contributed by atoms with Gasteiger partial charge in [0, 0.05) is 38.2 Å². The molecule has 2 aliphatic heterocycles. The average molecular weight is 383 g/mol. The molecule has 0 aromatic heterocycles. The van der Waals surface area contributed by atoms with Gasteiger partial charge in [-0.05, 0) is 55.9 Å². The number of fused-ring (bicyclic) bond motifs is 2. The molecule has 0 radical (unpaired) electrons. The fourth-order valence-electron chi connectivity index (χ4n) is 4.22. The number of hydrogen-bond acceptors (Lipinski definition) is 5. The number of rotatable bonds is 5.